The van der Waals surface area contributed by atoms with E-state index in [4.69, 9.17) is 4.74 Å². The highest BCUT2D eigenvalue weighted by Crippen LogP contribution is 2.19. The van der Waals surface area contributed by atoms with Crippen molar-refractivity contribution >= 4 is 5.69 Å². The van der Waals surface area contributed by atoms with Crippen molar-refractivity contribution in [3.63, 3.8) is 0 Å². The van der Waals surface area contributed by atoms with Gasteiger partial charge in [-0.2, -0.15) is 0 Å². The number of hydrogen-bond acceptors (Lipinski definition) is 4. The summed E-state index contributed by atoms with van der Waals surface area (Å²) in [5.74, 6) is 0.530. The molecule has 0 aliphatic carbocycles. The molecule has 88 valence electrons. The lowest BCUT2D eigenvalue weighted by Gasteiger charge is -2.19. The van der Waals surface area contributed by atoms with Gasteiger partial charge in [0.1, 0.15) is 12.4 Å². The lowest BCUT2D eigenvalue weighted by molar-refractivity contribution is -0.384. The Kier molecular flexibility index (Phi) is 4.25. The molecule has 0 N–H and O–H groups in total. The average molecular weight is 224 g/mol. The largest absolute Gasteiger partial charge is 0.492 e. The molecule has 1 rings (SSSR count). The highest BCUT2D eigenvalue weighted by Gasteiger charge is 2.08. The van der Waals surface area contributed by atoms with Crippen LogP contribution in [0.3, 0.4) is 0 Å². The molecule has 0 unspecified atom stereocenters. The fourth-order valence-corrected chi connectivity index (χ4v) is 1.05. The number of hydrogen-bond donors (Lipinski definition) is 0. The van der Waals surface area contributed by atoms with Gasteiger partial charge in [0.2, 0.25) is 0 Å². The predicted molar refractivity (Wildman–Crippen MR) is 61.7 cm³/mol. The van der Waals surface area contributed by atoms with Gasteiger partial charge in [0, 0.05) is 12.1 Å². The molecule has 0 aromatic heterocycles. The number of rotatable bonds is 5. The number of benzene rings is 1. The van der Waals surface area contributed by atoms with Gasteiger partial charge in [0.05, 0.1) is 11.0 Å². The van der Waals surface area contributed by atoms with Crippen molar-refractivity contribution in [1.82, 2.24) is 4.90 Å². The SMILES string of the molecule is C[C@@H](COc1cccc([N+](=O)[O-])c1)N(C)C. The minimum Gasteiger partial charge on any atom is -0.492 e. The normalized spacial score (nSPS) is 12.5. The predicted octanol–water partition coefficient (Wildman–Crippen LogP) is 1.92. The van der Waals surface area contributed by atoms with Gasteiger partial charge in [-0.3, -0.25) is 10.1 Å². The molecule has 0 spiro atoms. The molecule has 0 amide bonds. The molecule has 16 heavy (non-hydrogen) atoms. The highest BCUT2D eigenvalue weighted by molar-refractivity contribution is 5.37. The van der Waals surface area contributed by atoms with E-state index in [0.29, 0.717) is 12.4 Å². The van der Waals surface area contributed by atoms with Crippen molar-refractivity contribution in [1.29, 1.82) is 0 Å². The molecule has 0 heterocycles. The standard InChI is InChI=1S/C11H16N2O3/c1-9(12(2)3)8-16-11-6-4-5-10(7-11)13(14)15/h4-7,9H,8H2,1-3H3/t9-/m0/s1. The van der Waals surface area contributed by atoms with E-state index >= 15 is 0 Å². The van der Waals surface area contributed by atoms with Gasteiger partial charge in [-0.05, 0) is 27.1 Å². The van der Waals surface area contributed by atoms with Gasteiger partial charge in [-0.15, -0.1) is 0 Å². The van der Waals surface area contributed by atoms with Gasteiger partial charge in [0.25, 0.3) is 5.69 Å². The second-order valence-electron chi connectivity index (χ2n) is 3.88. The molecule has 0 aliphatic heterocycles. The maximum absolute atomic E-state index is 10.5. The van der Waals surface area contributed by atoms with Crippen LogP contribution in [0.4, 0.5) is 5.69 Å². The zero-order valence-electron chi connectivity index (χ0n) is 9.71. The lowest BCUT2D eigenvalue weighted by Crippen LogP contribution is -2.30. The topological polar surface area (TPSA) is 55.6 Å². The van der Waals surface area contributed by atoms with E-state index < -0.39 is 4.92 Å². The smallest absolute Gasteiger partial charge is 0.273 e. The van der Waals surface area contributed by atoms with Gasteiger partial charge in [0.15, 0.2) is 0 Å². The van der Waals surface area contributed by atoms with Crippen LogP contribution in [0.1, 0.15) is 6.92 Å². The van der Waals surface area contributed by atoms with Crippen molar-refractivity contribution in [2.24, 2.45) is 0 Å². The minimum absolute atomic E-state index is 0.0509. The number of nitrogens with zero attached hydrogens (tertiary/aromatic N) is 2. The Labute approximate surface area is 94.8 Å². The molecule has 0 aliphatic rings. The Morgan fingerprint density at radius 1 is 1.50 bits per heavy atom. The Hall–Kier alpha value is -1.62. The molecule has 0 fully saturated rings. The number of non-ortho nitro benzene ring substituents is 1. The van der Waals surface area contributed by atoms with Crippen LogP contribution in [0.15, 0.2) is 24.3 Å². The van der Waals surface area contributed by atoms with Crippen molar-refractivity contribution in [3.05, 3.63) is 34.4 Å². The molecule has 1 atom stereocenters. The zero-order valence-corrected chi connectivity index (χ0v) is 9.71. The summed E-state index contributed by atoms with van der Waals surface area (Å²) in [7, 11) is 3.92. The first-order valence-corrected chi connectivity index (χ1v) is 5.04. The summed E-state index contributed by atoms with van der Waals surface area (Å²) in [6.07, 6.45) is 0. The molecule has 0 saturated carbocycles. The van der Waals surface area contributed by atoms with Gasteiger partial charge < -0.3 is 9.64 Å². The second kappa shape index (κ2) is 5.46. The van der Waals surface area contributed by atoms with Gasteiger partial charge in [-0.1, -0.05) is 6.07 Å². The van der Waals surface area contributed by atoms with Crippen LogP contribution in [-0.2, 0) is 0 Å². The number of nitro benzene ring substituents is 1. The van der Waals surface area contributed by atoms with E-state index in [-0.39, 0.29) is 11.7 Å². The number of nitro groups is 1. The Balaban J connectivity index is 2.61. The first kappa shape index (κ1) is 12.4. The van der Waals surface area contributed by atoms with E-state index in [2.05, 4.69) is 0 Å². The monoisotopic (exact) mass is 224 g/mol. The number of likely N-dealkylation sites (N-methyl/N-ethyl adjacent to an activating group) is 1. The first-order valence-electron chi connectivity index (χ1n) is 5.04. The van der Waals surface area contributed by atoms with Crippen LogP contribution >= 0.6 is 0 Å². The third-order valence-corrected chi connectivity index (χ3v) is 2.40. The quantitative estimate of drug-likeness (QED) is 0.566. The van der Waals surface area contributed by atoms with E-state index in [0.717, 1.165) is 0 Å². The van der Waals surface area contributed by atoms with E-state index in [1.54, 1.807) is 12.1 Å². The summed E-state index contributed by atoms with van der Waals surface area (Å²) in [6, 6.07) is 6.48. The van der Waals surface area contributed by atoms with Crippen molar-refractivity contribution in [2.75, 3.05) is 20.7 Å². The molecule has 0 radical (unpaired) electrons. The lowest BCUT2D eigenvalue weighted by atomic mass is 10.3. The highest BCUT2D eigenvalue weighted by atomic mass is 16.6. The summed E-state index contributed by atoms with van der Waals surface area (Å²) >= 11 is 0. The van der Waals surface area contributed by atoms with Crippen molar-refractivity contribution in [3.8, 4) is 5.75 Å². The molecule has 0 saturated heterocycles. The maximum Gasteiger partial charge on any atom is 0.273 e. The molecule has 1 aromatic carbocycles. The van der Waals surface area contributed by atoms with Crippen LogP contribution < -0.4 is 4.74 Å². The van der Waals surface area contributed by atoms with Crippen LogP contribution in [0.5, 0.6) is 5.75 Å². The fraction of sp³-hybridized carbons (Fsp3) is 0.455. The fourth-order valence-electron chi connectivity index (χ4n) is 1.05. The van der Waals surface area contributed by atoms with Crippen molar-refractivity contribution < 1.29 is 9.66 Å². The summed E-state index contributed by atoms with van der Waals surface area (Å²) < 4.78 is 5.47. The zero-order chi connectivity index (χ0) is 12.1. The second-order valence-corrected chi connectivity index (χ2v) is 3.88. The average Bonchev–Trinajstić information content (AvgIpc) is 2.26. The minimum atomic E-state index is -0.428. The van der Waals surface area contributed by atoms with E-state index in [9.17, 15) is 10.1 Å². The number of ether oxygens (including phenoxy) is 1. The van der Waals surface area contributed by atoms with E-state index in [1.807, 2.05) is 25.9 Å². The van der Waals surface area contributed by atoms with E-state index in [1.165, 1.54) is 12.1 Å². The molecule has 0 bridgehead atoms. The summed E-state index contributed by atoms with van der Waals surface area (Å²) in [6.45, 7) is 2.53. The maximum atomic E-state index is 10.5. The van der Waals surface area contributed by atoms with Crippen molar-refractivity contribution in [2.45, 2.75) is 13.0 Å². The first-order chi connectivity index (χ1) is 7.50. The Morgan fingerprint density at radius 2 is 2.19 bits per heavy atom. The molecular formula is C11H16N2O3. The van der Waals surface area contributed by atoms with Gasteiger partial charge in [-0.25, -0.2) is 0 Å². The molecule has 1 aromatic rings. The summed E-state index contributed by atoms with van der Waals surface area (Å²) in [5, 5.41) is 10.5. The van der Waals surface area contributed by atoms with Crippen LogP contribution in [0.25, 0.3) is 0 Å². The molecular weight excluding hydrogens is 208 g/mol. The third-order valence-electron chi connectivity index (χ3n) is 2.40. The van der Waals surface area contributed by atoms with Crippen LogP contribution in [0, 0.1) is 10.1 Å². The molecule has 5 heteroatoms. The van der Waals surface area contributed by atoms with Crippen LogP contribution in [0.2, 0.25) is 0 Å². The van der Waals surface area contributed by atoms with Gasteiger partial charge >= 0.3 is 0 Å². The Morgan fingerprint density at radius 3 is 2.75 bits per heavy atom. The summed E-state index contributed by atoms with van der Waals surface area (Å²) in [4.78, 5) is 12.1. The van der Waals surface area contributed by atoms with Crippen LogP contribution in [-0.4, -0.2) is 36.6 Å². The Bertz CT molecular complexity index is 366. The summed E-state index contributed by atoms with van der Waals surface area (Å²) in [5.41, 5.74) is 0.0509. The third kappa shape index (κ3) is 3.51. The molecule has 5 nitrogen and oxygen atoms in total.